The number of imidazole rings is 1. The van der Waals surface area contributed by atoms with Gasteiger partial charge in [-0.15, -0.1) is 0 Å². The summed E-state index contributed by atoms with van der Waals surface area (Å²) in [5.74, 6) is 0.965. The van der Waals surface area contributed by atoms with Crippen molar-refractivity contribution in [1.82, 2.24) is 15.3 Å². The lowest BCUT2D eigenvalue weighted by Crippen LogP contribution is -2.19. The lowest BCUT2D eigenvalue weighted by atomic mass is 10.3. The monoisotopic (exact) mass is 205 g/mol. The molecule has 0 amide bonds. The number of nitrogens with zero attached hydrogens (tertiary/aromatic N) is 1. The van der Waals surface area contributed by atoms with Gasteiger partial charge in [-0.05, 0) is 12.1 Å². The van der Waals surface area contributed by atoms with Crippen LogP contribution in [0.2, 0.25) is 0 Å². The molecule has 0 bridgehead atoms. The summed E-state index contributed by atoms with van der Waals surface area (Å²) in [7, 11) is 1.70. The molecule has 0 atom stereocenters. The van der Waals surface area contributed by atoms with Crippen LogP contribution < -0.4 is 5.32 Å². The van der Waals surface area contributed by atoms with Crippen LogP contribution in [0.25, 0.3) is 11.0 Å². The minimum absolute atomic E-state index is 0.722. The van der Waals surface area contributed by atoms with Crippen LogP contribution in [0, 0.1) is 0 Å². The zero-order valence-corrected chi connectivity index (χ0v) is 8.79. The predicted molar refractivity (Wildman–Crippen MR) is 59.7 cm³/mol. The second-order valence-corrected chi connectivity index (χ2v) is 3.37. The van der Waals surface area contributed by atoms with E-state index in [0.717, 1.165) is 36.6 Å². The van der Waals surface area contributed by atoms with Gasteiger partial charge >= 0.3 is 0 Å². The zero-order chi connectivity index (χ0) is 10.5. The van der Waals surface area contributed by atoms with Crippen LogP contribution >= 0.6 is 0 Å². The number of aromatic amines is 1. The van der Waals surface area contributed by atoms with Crippen LogP contribution in [0.3, 0.4) is 0 Å². The van der Waals surface area contributed by atoms with Crippen LogP contribution in [-0.2, 0) is 11.3 Å². The molecule has 0 spiro atoms. The van der Waals surface area contributed by atoms with Crippen molar-refractivity contribution in [3.05, 3.63) is 30.1 Å². The summed E-state index contributed by atoms with van der Waals surface area (Å²) in [6, 6.07) is 8.03. The molecular weight excluding hydrogens is 190 g/mol. The van der Waals surface area contributed by atoms with Gasteiger partial charge in [-0.25, -0.2) is 4.98 Å². The number of para-hydroxylation sites is 2. The molecule has 0 aliphatic carbocycles. The summed E-state index contributed by atoms with van der Waals surface area (Å²) >= 11 is 0. The third-order valence-electron chi connectivity index (χ3n) is 2.21. The lowest BCUT2D eigenvalue weighted by Gasteiger charge is -2.00. The first-order valence-electron chi connectivity index (χ1n) is 5.03. The van der Waals surface area contributed by atoms with E-state index in [1.54, 1.807) is 7.11 Å². The molecule has 2 N–H and O–H groups in total. The Hall–Kier alpha value is -1.39. The Kier molecular flexibility index (Phi) is 3.32. The van der Waals surface area contributed by atoms with Crippen LogP contribution in [0.4, 0.5) is 0 Å². The second-order valence-electron chi connectivity index (χ2n) is 3.37. The summed E-state index contributed by atoms with van der Waals surface area (Å²) in [5, 5.41) is 3.24. The Morgan fingerprint density at radius 1 is 1.40 bits per heavy atom. The molecule has 2 rings (SSSR count). The molecule has 0 saturated carbocycles. The molecule has 0 saturated heterocycles. The molecule has 4 heteroatoms. The van der Waals surface area contributed by atoms with E-state index in [1.807, 2.05) is 24.3 Å². The van der Waals surface area contributed by atoms with Gasteiger partial charge in [0.1, 0.15) is 5.82 Å². The summed E-state index contributed by atoms with van der Waals surface area (Å²) in [5.41, 5.74) is 2.10. The van der Waals surface area contributed by atoms with Gasteiger partial charge in [0.15, 0.2) is 0 Å². The summed E-state index contributed by atoms with van der Waals surface area (Å²) in [6.07, 6.45) is 0. The van der Waals surface area contributed by atoms with E-state index in [9.17, 15) is 0 Å². The van der Waals surface area contributed by atoms with Crippen LogP contribution in [0.15, 0.2) is 24.3 Å². The fourth-order valence-electron chi connectivity index (χ4n) is 1.47. The molecule has 4 nitrogen and oxygen atoms in total. The van der Waals surface area contributed by atoms with E-state index < -0.39 is 0 Å². The summed E-state index contributed by atoms with van der Waals surface area (Å²) in [4.78, 5) is 7.71. The van der Waals surface area contributed by atoms with Gasteiger partial charge in [0.05, 0.1) is 24.2 Å². The Morgan fingerprint density at radius 2 is 2.27 bits per heavy atom. The van der Waals surface area contributed by atoms with Crippen LogP contribution in [-0.4, -0.2) is 30.2 Å². The number of benzene rings is 1. The Morgan fingerprint density at radius 3 is 3.07 bits per heavy atom. The molecule has 2 aromatic rings. The zero-order valence-electron chi connectivity index (χ0n) is 8.79. The quantitative estimate of drug-likeness (QED) is 0.723. The molecule has 0 aliphatic heterocycles. The minimum atomic E-state index is 0.722. The number of ether oxygens (including phenoxy) is 1. The van der Waals surface area contributed by atoms with Gasteiger partial charge in [0, 0.05) is 13.7 Å². The maximum Gasteiger partial charge on any atom is 0.121 e. The van der Waals surface area contributed by atoms with Crippen LogP contribution in [0.5, 0.6) is 0 Å². The van der Waals surface area contributed by atoms with Crippen molar-refractivity contribution in [2.75, 3.05) is 20.3 Å². The molecule has 0 radical (unpaired) electrons. The Balaban J connectivity index is 1.97. The van der Waals surface area contributed by atoms with E-state index >= 15 is 0 Å². The SMILES string of the molecule is COCCNCc1nc2ccccc2[nH]1. The lowest BCUT2D eigenvalue weighted by molar-refractivity contribution is 0.199. The van der Waals surface area contributed by atoms with E-state index in [4.69, 9.17) is 4.74 Å². The third kappa shape index (κ3) is 2.55. The van der Waals surface area contributed by atoms with Gasteiger partial charge in [-0.2, -0.15) is 0 Å². The number of aromatic nitrogens is 2. The maximum absolute atomic E-state index is 4.95. The van der Waals surface area contributed by atoms with Gasteiger partial charge < -0.3 is 15.0 Å². The second kappa shape index (κ2) is 4.91. The van der Waals surface area contributed by atoms with Crippen molar-refractivity contribution < 1.29 is 4.74 Å². The number of hydrogen-bond acceptors (Lipinski definition) is 3. The number of rotatable bonds is 5. The van der Waals surface area contributed by atoms with Crippen molar-refractivity contribution in [3.8, 4) is 0 Å². The fourth-order valence-corrected chi connectivity index (χ4v) is 1.47. The number of nitrogens with one attached hydrogen (secondary N) is 2. The van der Waals surface area contributed by atoms with Gasteiger partial charge in [-0.1, -0.05) is 12.1 Å². The highest BCUT2D eigenvalue weighted by Gasteiger charge is 2.00. The molecule has 0 fully saturated rings. The minimum Gasteiger partial charge on any atom is -0.383 e. The molecule has 1 aromatic carbocycles. The predicted octanol–water partition coefficient (Wildman–Crippen LogP) is 1.30. The highest BCUT2D eigenvalue weighted by atomic mass is 16.5. The first-order chi connectivity index (χ1) is 7.40. The Bertz CT molecular complexity index is 391. The maximum atomic E-state index is 4.95. The van der Waals surface area contributed by atoms with E-state index in [0.29, 0.717) is 0 Å². The summed E-state index contributed by atoms with van der Waals surface area (Å²) in [6.45, 7) is 2.31. The van der Waals surface area contributed by atoms with E-state index in [2.05, 4.69) is 15.3 Å². The average molecular weight is 205 g/mol. The molecule has 0 aliphatic rings. The molecule has 15 heavy (non-hydrogen) atoms. The topological polar surface area (TPSA) is 49.9 Å². The third-order valence-corrected chi connectivity index (χ3v) is 2.21. The van der Waals surface area contributed by atoms with Crippen LogP contribution in [0.1, 0.15) is 5.82 Å². The molecule has 0 unspecified atom stereocenters. The first kappa shape index (κ1) is 10.1. The van der Waals surface area contributed by atoms with Crippen molar-refractivity contribution in [3.63, 3.8) is 0 Å². The molecule has 80 valence electrons. The van der Waals surface area contributed by atoms with Crippen molar-refractivity contribution >= 4 is 11.0 Å². The fraction of sp³-hybridized carbons (Fsp3) is 0.364. The number of fused-ring (bicyclic) bond motifs is 1. The first-order valence-corrected chi connectivity index (χ1v) is 5.03. The summed E-state index contributed by atoms with van der Waals surface area (Å²) < 4.78 is 4.95. The molecule has 1 aromatic heterocycles. The smallest absolute Gasteiger partial charge is 0.121 e. The van der Waals surface area contributed by atoms with Crippen molar-refractivity contribution in [1.29, 1.82) is 0 Å². The largest absolute Gasteiger partial charge is 0.383 e. The molecular formula is C11H15N3O. The molecule has 1 heterocycles. The van der Waals surface area contributed by atoms with Crippen molar-refractivity contribution in [2.45, 2.75) is 6.54 Å². The van der Waals surface area contributed by atoms with Crippen molar-refractivity contribution in [2.24, 2.45) is 0 Å². The standard InChI is InChI=1S/C11H15N3O/c1-15-7-6-12-8-11-13-9-4-2-3-5-10(9)14-11/h2-5,12H,6-8H2,1H3,(H,13,14). The van der Waals surface area contributed by atoms with Gasteiger partial charge in [0.25, 0.3) is 0 Å². The Labute approximate surface area is 88.7 Å². The normalized spacial score (nSPS) is 11.0. The highest BCUT2D eigenvalue weighted by Crippen LogP contribution is 2.09. The van der Waals surface area contributed by atoms with Gasteiger partial charge in [0.2, 0.25) is 0 Å². The highest BCUT2D eigenvalue weighted by molar-refractivity contribution is 5.74. The number of methoxy groups -OCH3 is 1. The van der Waals surface area contributed by atoms with E-state index in [1.165, 1.54) is 0 Å². The average Bonchev–Trinajstić information content (AvgIpc) is 2.67. The van der Waals surface area contributed by atoms with Gasteiger partial charge in [-0.3, -0.25) is 0 Å². The number of H-pyrrole nitrogens is 1. The number of hydrogen-bond donors (Lipinski definition) is 2. The van der Waals surface area contributed by atoms with E-state index in [-0.39, 0.29) is 0 Å².